The van der Waals surface area contributed by atoms with Crippen LogP contribution < -0.4 is 0 Å². The van der Waals surface area contributed by atoms with Gasteiger partial charge in [-0.2, -0.15) is 5.10 Å². The van der Waals surface area contributed by atoms with Crippen molar-refractivity contribution in [2.24, 2.45) is 0 Å². The molecule has 0 spiro atoms. The molecule has 3 heterocycles. The summed E-state index contributed by atoms with van der Waals surface area (Å²) in [6.07, 6.45) is 8.45. The Morgan fingerprint density at radius 2 is 2.15 bits per heavy atom. The van der Waals surface area contributed by atoms with Gasteiger partial charge in [0, 0.05) is 24.0 Å². The van der Waals surface area contributed by atoms with Crippen molar-refractivity contribution in [3.8, 4) is 0 Å². The standard InChI is InChI=1S/C8H5N5/c1-2-13-8(10-1)7-6(4-12-13)3-9-5-11-7/h1-5H. The molecule has 13 heavy (non-hydrogen) atoms. The monoisotopic (exact) mass is 171 g/mol. The number of aromatic nitrogens is 5. The van der Waals surface area contributed by atoms with Gasteiger partial charge >= 0.3 is 0 Å². The highest BCUT2D eigenvalue weighted by atomic mass is 15.2. The molecule has 3 rings (SSSR count). The summed E-state index contributed by atoms with van der Waals surface area (Å²) in [6, 6.07) is 0. The largest absolute Gasteiger partial charge is 0.244 e. The van der Waals surface area contributed by atoms with E-state index >= 15 is 0 Å². The predicted octanol–water partition coefficient (Wildman–Crippen LogP) is 0.672. The molecule has 0 aliphatic rings. The van der Waals surface area contributed by atoms with E-state index in [2.05, 4.69) is 20.1 Å². The van der Waals surface area contributed by atoms with Gasteiger partial charge in [-0.05, 0) is 0 Å². The first-order valence-corrected chi connectivity index (χ1v) is 3.83. The lowest BCUT2D eigenvalue weighted by molar-refractivity contribution is 0.943. The van der Waals surface area contributed by atoms with Gasteiger partial charge in [-0.25, -0.2) is 19.5 Å². The number of hydrogen-bond acceptors (Lipinski definition) is 4. The highest BCUT2D eigenvalue weighted by Gasteiger charge is 2.02. The first-order chi connectivity index (χ1) is 6.45. The molecule has 0 unspecified atom stereocenters. The average molecular weight is 171 g/mol. The second kappa shape index (κ2) is 2.22. The van der Waals surface area contributed by atoms with Crippen LogP contribution in [0.4, 0.5) is 0 Å². The van der Waals surface area contributed by atoms with Gasteiger partial charge in [-0.3, -0.25) is 0 Å². The number of hydrogen-bond donors (Lipinski definition) is 0. The molecular formula is C8H5N5. The van der Waals surface area contributed by atoms with Gasteiger partial charge in [0.2, 0.25) is 0 Å². The lowest BCUT2D eigenvalue weighted by atomic mass is 10.3. The smallest absolute Gasteiger partial charge is 0.180 e. The van der Waals surface area contributed by atoms with Crippen LogP contribution in [0.5, 0.6) is 0 Å². The molecule has 3 aromatic rings. The average Bonchev–Trinajstić information content (AvgIpc) is 2.65. The van der Waals surface area contributed by atoms with Crippen LogP contribution in [0.2, 0.25) is 0 Å². The third kappa shape index (κ3) is 0.807. The Balaban J connectivity index is 2.65. The second-order valence-corrected chi connectivity index (χ2v) is 2.67. The lowest BCUT2D eigenvalue weighted by Crippen LogP contribution is -1.92. The molecule has 0 aromatic carbocycles. The number of fused-ring (bicyclic) bond motifs is 3. The van der Waals surface area contributed by atoms with Crippen molar-refractivity contribution in [3.05, 3.63) is 31.1 Å². The van der Waals surface area contributed by atoms with Crippen LogP contribution in [0, 0.1) is 0 Å². The minimum atomic E-state index is 0.764. The van der Waals surface area contributed by atoms with Gasteiger partial charge in [0.25, 0.3) is 0 Å². The van der Waals surface area contributed by atoms with Gasteiger partial charge in [0.05, 0.1) is 6.20 Å². The zero-order valence-electron chi connectivity index (χ0n) is 6.62. The quantitative estimate of drug-likeness (QED) is 0.499. The SMILES string of the molecule is c1ncc2cnn3ccnc3c2n1. The van der Waals surface area contributed by atoms with Crippen molar-refractivity contribution in [2.75, 3.05) is 0 Å². The molecule has 0 aliphatic heterocycles. The first kappa shape index (κ1) is 6.47. The molecule has 5 heteroatoms. The van der Waals surface area contributed by atoms with Crippen molar-refractivity contribution >= 4 is 16.6 Å². The molecule has 0 amide bonds. The van der Waals surface area contributed by atoms with E-state index in [0.29, 0.717) is 0 Å². The Morgan fingerprint density at radius 3 is 3.15 bits per heavy atom. The Bertz CT molecular complexity index is 571. The maximum atomic E-state index is 4.16. The van der Waals surface area contributed by atoms with E-state index in [1.807, 2.05) is 0 Å². The zero-order valence-corrected chi connectivity index (χ0v) is 6.62. The van der Waals surface area contributed by atoms with Crippen LogP contribution in [0.25, 0.3) is 16.6 Å². The van der Waals surface area contributed by atoms with Crippen molar-refractivity contribution in [1.29, 1.82) is 0 Å². The van der Waals surface area contributed by atoms with Crippen LogP contribution in [-0.2, 0) is 0 Å². The van der Waals surface area contributed by atoms with E-state index in [9.17, 15) is 0 Å². The molecule has 0 N–H and O–H groups in total. The van der Waals surface area contributed by atoms with Gasteiger partial charge in [-0.1, -0.05) is 0 Å². The molecule has 5 nitrogen and oxygen atoms in total. The van der Waals surface area contributed by atoms with E-state index < -0.39 is 0 Å². The van der Waals surface area contributed by atoms with Crippen molar-refractivity contribution in [3.63, 3.8) is 0 Å². The van der Waals surface area contributed by atoms with E-state index in [1.165, 1.54) is 6.33 Å². The number of rotatable bonds is 0. The fourth-order valence-corrected chi connectivity index (χ4v) is 1.31. The Morgan fingerprint density at radius 1 is 1.15 bits per heavy atom. The third-order valence-corrected chi connectivity index (χ3v) is 1.90. The Kier molecular flexibility index (Phi) is 1.11. The molecule has 0 saturated carbocycles. The van der Waals surface area contributed by atoms with Crippen LogP contribution in [0.15, 0.2) is 31.1 Å². The first-order valence-electron chi connectivity index (χ1n) is 3.83. The lowest BCUT2D eigenvalue weighted by Gasteiger charge is -1.96. The predicted molar refractivity (Wildman–Crippen MR) is 46.1 cm³/mol. The molecule has 0 atom stereocenters. The van der Waals surface area contributed by atoms with Crippen molar-refractivity contribution < 1.29 is 0 Å². The van der Waals surface area contributed by atoms with E-state index in [4.69, 9.17) is 0 Å². The summed E-state index contributed by atoms with van der Waals surface area (Å²) < 4.78 is 1.69. The van der Waals surface area contributed by atoms with Crippen molar-refractivity contribution in [2.45, 2.75) is 0 Å². The van der Waals surface area contributed by atoms with Gasteiger partial charge in [0.1, 0.15) is 11.8 Å². The summed E-state index contributed by atoms with van der Waals surface area (Å²) in [4.78, 5) is 12.2. The summed E-state index contributed by atoms with van der Waals surface area (Å²) in [6.45, 7) is 0. The summed E-state index contributed by atoms with van der Waals surface area (Å²) in [5.74, 6) is 0. The molecule has 0 radical (unpaired) electrons. The van der Waals surface area contributed by atoms with Gasteiger partial charge in [-0.15, -0.1) is 0 Å². The van der Waals surface area contributed by atoms with Crippen LogP contribution in [0.1, 0.15) is 0 Å². The Labute approximate surface area is 73.1 Å². The summed E-state index contributed by atoms with van der Waals surface area (Å²) in [5.41, 5.74) is 1.59. The normalized spacial score (nSPS) is 11.1. The van der Waals surface area contributed by atoms with Crippen LogP contribution in [-0.4, -0.2) is 24.6 Å². The maximum absolute atomic E-state index is 4.16. The molecule has 0 saturated heterocycles. The topological polar surface area (TPSA) is 56.0 Å². The van der Waals surface area contributed by atoms with E-state index in [0.717, 1.165) is 16.6 Å². The summed E-state index contributed by atoms with van der Waals surface area (Å²) in [5, 5.41) is 5.05. The fourth-order valence-electron chi connectivity index (χ4n) is 1.31. The molecule has 0 fully saturated rings. The second-order valence-electron chi connectivity index (χ2n) is 2.67. The van der Waals surface area contributed by atoms with E-state index in [1.54, 1.807) is 29.3 Å². The third-order valence-electron chi connectivity index (χ3n) is 1.90. The minimum absolute atomic E-state index is 0.764. The zero-order chi connectivity index (χ0) is 8.67. The molecule has 0 bridgehead atoms. The molecule has 62 valence electrons. The van der Waals surface area contributed by atoms with Gasteiger partial charge in [0.15, 0.2) is 5.65 Å². The minimum Gasteiger partial charge on any atom is -0.244 e. The molecular weight excluding hydrogens is 166 g/mol. The van der Waals surface area contributed by atoms with Crippen LogP contribution >= 0.6 is 0 Å². The number of nitrogens with zero attached hydrogens (tertiary/aromatic N) is 5. The van der Waals surface area contributed by atoms with E-state index in [-0.39, 0.29) is 0 Å². The Hall–Kier alpha value is -2.04. The van der Waals surface area contributed by atoms with Gasteiger partial charge < -0.3 is 0 Å². The summed E-state index contributed by atoms with van der Waals surface area (Å²) >= 11 is 0. The highest BCUT2D eigenvalue weighted by Crippen LogP contribution is 2.11. The molecule has 3 aromatic heterocycles. The number of imidazole rings is 1. The molecule has 0 aliphatic carbocycles. The summed E-state index contributed by atoms with van der Waals surface area (Å²) in [7, 11) is 0. The fraction of sp³-hybridized carbons (Fsp3) is 0. The van der Waals surface area contributed by atoms with Crippen LogP contribution in [0.3, 0.4) is 0 Å². The van der Waals surface area contributed by atoms with Crippen molar-refractivity contribution in [1.82, 2.24) is 24.6 Å². The highest BCUT2D eigenvalue weighted by molar-refractivity contribution is 5.88. The maximum Gasteiger partial charge on any atom is 0.180 e.